The minimum absolute atomic E-state index is 0.294. The first kappa shape index (κ1) is 19.4. The molecule has 0 fully saturated rings. The summed E-state index contributed by atoms with van der Waals surface area (Å²) in [5.74, 6) is 0. The Labute approximate surface area is 162 Å². The van der Waals surface area contributed by atoms with Gasteiger partial charge in [0.25, 0.3) is 0 Å². The Morgan fingerprint density at radius 3 is 2.27 bits per heavy atom. The summed E-state index contributed by atoms with van der Waals surface area (Å²) in [5.41, 5.74) is 5.61. The summed E-state index contributed by atoms with van der Waals surface area (Å²) in [4.78, 5) is 6.43. The van der Waals surface area contributed by atoms with Crippen LogP contribution in [0.15, 0.2) is 24.3 Å². The van der Waals surface area contributed by atoms with Crippen LogP contribution in [0.4, 0.5) is 5.00 Å². The minimum Gasteiger partial charge on any atom is -0.333 e. The van der Waals surface area contributed by atoms with Gasteiger partial charge in [-0.05, 0) is 45.9 Å². The second-order valence-corrected chi connectivity index (χ2v) is 8.94. The minimum atomic E-state index is 0.294. The fourth-order valence-corrected chi connectivity index (χ4v) is 5.02. The van der Waals surface area contributed by atoms with Gasteiger partial charge in [0, 0.05) is 31.6 Å². The second kappa shape index (κ2) is 7.31. The number of rotatable bonds is 4. The molecule has 1 aliphatic rings. The average molecular weight is 373 g/mol. The molecule has 3 rings (SSSR count). The molecule has 1 aromatic heterocycles. The van der Waals surface area contributed by atoms with Crippen molar-refractivity contribution in [2.24, 2.45) is 0 Å². The van der Waals surface area contributed by atoms with Gasteiger partial charge in [0.1, 0.15) is 0 Å². The molecular weight excluding hydrogens is 340 g/mol. The number of nitrogens with zero attached hydrogens (tertiary/aromatic N) is 4. The molecule has 1 aliphatic heterocycles. The van der Waals surface area contributed by atoms with E-state index in [9.17, 15) is 0 Å². The predicted molar refractivity (Wildman–Crippen MR) is 113 cm³/mol. The molecule has 0 bridgehead atoms. The molecule has 0 saturated heterocycles. The highest BCUT2D eigenvalue weighted by Crippen LogP contribution is 2.47. The molecule has 4 nitrogen and oxygen atoms in total. The van der Waals surface area contributed by atoms with Gasteiger partial charge in [-0.25, -0.2) is 10.0 Å². The number of thiophene rings is 1. The van der Waals surface area contributed by atoms with Gasteiger partial charge in [-0.2, -0.15) is 0 Å². The van der Waals surface area contributed by atoms with Gasteiger partial charge in [-0.3, -0.25) is 4.90 Å². The number of fused-ring (bicyclic) bond motifs is 1. The molecule has 0 amide bonds. The molecule has 142 valence electrons. The van der Waals surface area contributed by atoms with Crippen molar-refractivity contribution >= 4 is 16.3 Å². The summed E-state index contributed by atoms with van der Waals surface area (Å²) >= 11 is 1.94. The van der Waals surface area contributed by atoms with Crippen LogP contribution in [0, 0.1) is 20.8 Å². The SMILES string of the molecule is Cc1ccc(C2c3c(sc(C)c3C)N(C(C)N(C)N(C)C)CN2C)cc1. The van der Waals surface area contributed by atoms with Crippen LogP contribution < -0.4 is 4.90 Å². The highest BCUT2D eigenvalue weighted by molar-refractivity contribution is 7.16. The van der Waals surface area contributed by atoms with Crippen LogP contribution in [0.25, 0.3) is 0 Å². The fourth-order valence-electron chi connectivity index (χ4n) is 3.76. The van der Waals surface area contributed by atoms with E-state index in [-0.39, 0.29) is 0 Å². The van der Waals surface area contributed by atoms with Crippen molar-refractivity contribution in [3.8, 4) is 0 Å². The van der Waals surface area contributed by atoms with E-state index < -0.39 is 0 Å². The van der Waals surface area contributed by atoms with Gasteiger partial charge < -0.3 is 4.90 Å². The summed E-state index contributed by atoms with van der Waals surface area (Å²) in [6, 6.07) is 9.36. The van der Waals surface area contributed by atoms with Gasteiger partial charge in [-0.15, -0.1) is 11.3 Å². The molecule has 1 aromatic carbocycles. The van der Waals surface area contributed by atoms with E-state index in [4.69, 9.17) is 0 Å². The first-order valence-electron chi connectivity index (χ1n) is 9.25. The smallest absolute Gasteiger partial charge is 0.0989 e. The summed E-state index contributed by atoms with van der Waals surface area (Å²) in [7, 11) is 8.61. The van der Waals surface area contributed by atoms with Crippen molar-refractivity contribution in [3.05, 3.63) is 51.4 Å². The van der Waals surface area contributed by atoms with E-state index in [0.717, 1.165) is 6.67 Å². The number of hydrogen-bond donors (Lipinski definition) is 0. The van der Waals surface area contributed by atoms with E-state index in [0.29, 0.717) is 12.2 Å². The lowest BCUT2D eigenvalue weighted by atomic mass is 9.93. The Bertz CT molecular complexity index is 765. The van der Waals surface area contributed by atoms with Crippen molar-refractivity contribution in [2.75, 3.05) is 39.8 Å². The number of anilines is 1. The molecule has 2 heterocycles. The van der Waals surface area contributed by atoms with Crippen molar-refractivity contribution < 1.29 is 0 Å². The first-order valence-corrected chi connectivity index (χ1v) is 10.1. The third-order valence-corrected chi connectivity index (χ3v) is 7.04. The maximum Gasteiger partial charge on any atom is 0.0989 e. The van der Waals surface area contributed by atoms with Gasteiger partial charge in [0.2, 0.25) is 0 Å². The quantitative estimate of drug-likeness (QED) is 0.745. The Balaban J connectivity index is 2.08. The van der Waals surface area contributed by atoms with Crippen LogP contribution in [0.3, 0.4) is 0 Å². The zero-order valence-corrected chi connectivity index (χ0v) is 18.2. The lowest BCUT2D eigenvalue weighted by Crippen LogP contribution is -2.55. The normalized spacial score (nSPS) is 19.3. The molecule has 2 unspecified atom stereocenters. The summed E-state index contributed by atoms with van der Waals surface area (Å²) in [6.07, 6.45) is 0.294. The molecular formula is C21H32N4S. The zero-order chi connectivity index (χ0) is 19.2. The Morgan fingerprint density at radius 2 is 1.69 bits per heavy atom. The van der Waals surface area contributed by atoms with Crippen LogP contribution in [0.1, 0.15) is 40.1 Å². The van der Waals surface area contributed by atoms with Gasteiger partial charge in [0.05, 0.1) is 23.9 Å². The summed E-state index contributed by atoms with van der Waals surface area (Å²) in [6.45, 7) is 9.89. The highest BCUT2D eigenvalue weighted by Gasteiger charge is 2.37. The maximum absolute atomic E-state index is 2.53. The lowest BCUT2D eigenvalue weighted by molar-refractivity contribution is 0.0103. The monoisotopic (exact) mass is 372 g/mol. The Morgan fingerprint density at radius 1 is 1.08 bits per heavy atom. The molecule has 0 spiro atoms. The van der Waals surface area contributed by atoms with Crippen molar-refractivity contribution in [3.63, 3.8) is 0 Å². The van der Waals surface area contributed by atoms with E-state index in [1.165, 1.54) is 32.1 Å². The van der Waals surface area contributed by atoms with E-state index in [2.05, 4.69) is 100.0 Å². The van der Waals surface area contributed by atoms with E-state index >= 15 is 0 Å². The van der Waals surface area contributed by atoms with Crippen molar-refractivity contribution in [1.29, 1.82) is 0 Å². The van der Waals surface area contributed by atoms with Crippen LogP contribution in [-0.4, -0.2) is 55.9 Å². The Kier molecular flexibility index (Phi) is 5.45. The van der Waals surface area contributed by atoms with Crippen LogP contribution in [-0.2, 0) is 0 Å². The van der Waals surface area contributed by atoms with Gasteiger partial charge in [0.15, 0.2) is 0 Å². The van der Waals surface area contributed by atoms with E-state index in [1.54, 1.807) is 0 Å². The maximum atomic E-state index is 2.53. The van der Waals surface area contributed by atoms with Gasteiger partial charge >= 0.3 is 0 Å². The third kappa shape index (κ3) is 3.29. The molecule has 2 aromatic rings. The molecule has 0 radical (unpaired) electrons. The number of hydrogen-bond acceptors (Lipinski definition) is 5. The molecule has 5 heteroatoms. The number of benzene rings is 1. The van der Waals surface area contributed by atoms with Crippen LogP contribution in [0.2, 0.25) is 0 Å². The molecule has 2 atom stereocenters. The number of aryl methyl sites for hydroxylation is 2. The predicted octanol–water partition coefficient (Wildman–Crippen LogP) is 4.23. The second-order valence-electron chi connectivity index (χ2n) is 7.74. The largest absolute Gasteiger partial charge is 0.333 e. The topological polar surface area (TPSA) is 13.0 Å². The molecule has 0 saturated carbocycles. The molecule has 0 aliphatic carbocycles. The standard InChI is InChI=1S/C21H32N4S/c1-14-9-11-18(12-10-14)20-19-15(2)16(3)26-21(19)25(13-23(20)7)17(4)24(8)22(5)6/h9-12,17,20H,13H2,1-8H3. The van der Waals surface area contributed by atoms with Crippen LogP contribution >= 0.6 is 11.3 Å². The number of hydrazine groups is 1. The average Bonchev–Trinajstić information content (AvgIpc) is 2.89. The van der Waals surface area contributed by atoms with E-state index in [1.807, 2.05) is 11.3 Å². The Hall–Kier alpha value is -1.40. The lowest BCUT2D eigenvalue weighted by Gasteiger charge is -2.46. The fraction of sp³-hybridized carbons (Fsp3) is 0.524. The first-order chi connectivity index (χ1) is 12.2. The van der Waals surface area contributed by atoms with Crippen molar-refractivity contribution in [1.82, 2.24) is 14.9 Å². The summed E-state index contributed by atoms with van der Waals surface area (Å²) in [5, 5.41) is 5.86. The summed E-state index contributed by atoms with van der Waals surface area (Å²) < 4.78 is 0. The molecule has 26 heavy (non-hydrogen) atoms. The highest BCUT2D eigenvalue weighted by atomic mass is 32.1. The molecule has 0 N–H and O–H groups in total. The van der Waals surface area contributed by atoms with Gasteiger partial charge in [-0.1, -0.05) is 29.8 Å². The third-order valence-electron chi connectivity index (χ3n) is 5.78. The van der Waals surface area contributed by atoms with Crippen LogP contribution in [0.5, 0.6) is 0 Å². The van der Waals surface area contributed by atoms with Crippen molar-refractivity contribution in [2.45, 2.75) is 39.9 Å². The zero-order valence-electron chi connectivity index (χ0n) is 17.4.